The molecule has 0 bridgehead atoms. The first-order valence-corrected chi connectivity index (χ1v) is 9.54. The van der Waals surface area contributed by atoms with E-state index in [9.17, 15) is 0 Å². The number of thioether (sulfide) groups is 1. The highest BCUT2D eigenvalue weighted by Crippen LogP contribution is 2.49. The van der Waals surface area contributed by atoms with Crippen LogP contribution in [0.15, 0.2) is 41.5 Å². The third-order valence-corrected chi connectivity index (χ3v) is 6.58. The van der Waals surface area contributed by atoms with Gasteiger partial charge in [-0.2, -0.15) is 0 Å². The molecule has 0 aromatic carbocycles. The number of hydrogen-bond donors (Lipinski definition) is 0. The van der Waals surface area contributed by atoms with Crippen molar-refractivity contribution in [3.8, 4) is 0 Å². The highest BCUT2D eigenvalue weighted by molar-refractivity contribution is 8.14. The van der Waals surface area contributed by atoms with Crippen LogP contribution in [0.25, 0.3) is 0 Å². The average Bonchev–Trinajstić information content (AvgIpc) is 3.22. The molecule has 0 amide bonds. The lowest BCUT2D eigenvalue weighted by Gasteiger charge is -2.30. The zero-order valence-corrected chi connectivity index (χ0v) is 14.4. The molecule has 3 atom stereocenters. The summed E-state index contributed by atoms with van der Waals surface area (Å²) in [6, 6.07) is 11.7. The Morgan fingerprint density at radius 3 is 2.86 bits per heavy atom. The van der Waals surface area contributed by atoms with Gasteiger partial charge in [-0.25, -0.2) is 0 Å². The van der Waals surface area contributed by atoms with Crippen LogP contribution < -0.4 is 0 Å². The largest absolute Gasteiger partial charge is 0.337 e. The van der Waals surface area contributed by atoms with E-state index in [1.165, 1.54) is 21.3 Å². The Hall–Kier alpha value is -1.33. The van der Waals surface area contributed by atoms with Gasteiger partial charge in [-0.05, 0) is 37.6 Å². The molecule has 2 aromatic heterocycles. The van der Waals surface area contributed by atoms with Gasteiger partial charge in [0.05, 0.1) is 11.7 Å². The van der Waals surface area contributed by atoms with Crippen LogP contribution in [0, 0.1) is 6.92 Å². The molecule has 3 nitrogen and oxygen atoms in total. The smallest absolute Gasteiger partial charge is 0.160 e. The fourth-order valence-electron chi connectivity index (χ4n) is 3.27. The minimum absolute atomic E-state index is 0.121. The number of aliphatic imine (C=N–C) groups is 1. The lowest BCUT2D eigenvalue weighted by Crippen LogP contribution is -2.34. The maximum Gasteiger partial charge on any atom is 0.160 e. The van der Waals surface area contributed by atoms with Gasteiger partial charge in [0.25, 0.3) is 0 Å². The molecule has 1 saturated heterocycles. The van der Waals surface area contributed by atoms with Crippen LogP contribution in [-0.2, 0) is 0 Å². The summed E-state index contributed by atoms with van der Waals surface area (Å²) in [5.41, 5.74) is 1.08. The molecule has 0 unspecified atom stereocenters. The van der Waals surface area contributed by atoms with E-state index in [-0.39, 0.29) is 6.04 Å². The molecule has 114 valence electrons. The van der Waals surface area contributed by atoms with Gasteiger partial charge in [0.15, 0.2) is 5.17 Å². The normalized spacial score (nSPS) is 27.1. The minimum atomic E-state index is 0.121. The van der Waals surface area contributed by atoms with Crippen LogP contribution in [0.2, 0.25) is 0 Å². The van der Waals surface area contributed by atoms with E-state index >= 15 is 0 Å². The number of thiophene rings is 1. The predicted octanol–water partition coefficient (Wildman–Crippen LogP) is 4.43. The first kappa shape index (κ1) is 14.3. The summed E-state index contributed by atoms with van der Waals surface area (Å²) in [5, 5.41) is 1.21. The first-order chi connectivity index (χ1) is 10.8. The Kier molecular flexibility index (Phi) is 3.70. The van der Waals surface area contributed by atoms with Crippen molar-refractivity contribution in [3.63, 3.8) is 0 Å². The van der Waals surface area contributed by atoms with Gasteiger partial charge in [-0.15, -0.1) is 11.3 Å². The van der Waals surface area contributed by atoms with Gasteiger partial charge < -0.3 is 4.90 Å². The van der Waals surface area contributed by atoms with Gasteiger partial charge >= 0.3 is 0 Å². The van der Waals surface area contributed by atoms with E-state index in [4.69, 9.17) is 4.99 Å². The van der Waals surface area contributed by atoms with Crippen molar-refractivity contribution in [2.75, 3.05) is 5.75 Å². The minimum Gasteiger partial charge on any atom is -0.337 e. The van der Waals surface area contributed by atoms with Crippen molar-refractivity contribution in [2.45, 2.75) is 38.4 Å². The number of hydrogen-bond acceptors (Lipinski definition) is 5. The summed E-state index contributed by atoms with van der Waals surface area (Å²) in [5.74, 6) is 1.16. The topological polar surface area (TPSA) is 28.5 Å². The number of nitrogens with zero attached hydrogens (tertiary/aromatic N) is 3. The van der Waals surface area contributed by atoms with Crippen LogP contribution in [-0.4, -0.2) is 26.8 Å². The predicted molar refractivity (Wildman–Crippen MR) is 94.6 cm³/mol. The van der Waals surface area contributed by atoms with E-state index in [0.717, 1.165) is 11.4 Å². The van der Waals surface area contributed by atoms with Crippen molar-refractivity contribution >= 4 is 28.3 Å². The molecule has 0 aliphatic carbocycles. The van der Waals surface area contributed by atoms with Crippen molar-refractivity contribution in [1.29, 1.82) is 0 Å². The highest BCUT2D eigenvalue weighted by Gasteiger charge is 2.45. The molecule has 2 aromatic rings. The zero-order chi connectivity index (χ0) is 15.1. The summed E-state index contributed by atoms with van der Waals surface area (Å²) < 4.78 is 0. The van der Waals surface area contributed by atoms with E-state index in [1.807, 2.05) is 35.4 Å². The highest BCUT2D eigenvalue weighted by atomic mass is 32.2. The molecule has 5 heteroatoms. The second-order valence-corrected chi connectivity index (χ2v) is 8.09. The third kappa shape index (κ3) is 2.27. The zero-order valence-electron chi connectivity index (χ0n) is 12.8. The van der Waals surface area contributed by atoms with E-state index < -0.39 is 0 Å². The Morgan fingerprint density at radius 1 is 1.27 bits per heavy atom. The SMILES string of the molecule is CC[C@@H]1CSC2=N[C@H](c3ccccn3)[C@@H](c3ccc(C)s3)N21. The van der Waals surface area contributed by atoms with Gasteiger partial charge in [0, 0.05) is 27.7 Å². The number of amidine groups is 1. The Balaban J connectivity index is 1.78. The molecule has 0 N–H and O–H groups in total. The Bertz CT molecular complexity index is 695. The number of aryl methyl sites for hydroxylation is 1. The molecule has 1 fully saturated rings. The lowest BCUT2D eigenvalue weighted by molar-refractivity contribution is 0.258. The van der Waals surface area contributed by atoms with Crippen molar-refractivity contribution in [2.24, 2.45) is 4.99 Å². The van der Waals surface area contributed by atoms with E-state index in [1.54, 1.807) is 0 Å². The molecule has 0 saturated carbocycles. The lowest BCUT2D eigenvalue weighted by atomic mass is 10.0. The number of aromatic nitrogens is 1. The second kappa shape index (κ2) is 5.70. The average molecular weight is 329 g/mol. The first-order valence-electron chi connectivity index (χ1n) is 7.74. The van der Waals surface area contributed by atoms with Crippen molar-refractivity contribution in [1.82, 2.24) is 9.88 Å². The maximum atomic E-state index is 5.04. The number of rotatable bonds is 3. The number of fused-ring (bicyclic) bond motifs is 1. The Morgan fingerprint density at radius 2 is 2.18 bits per heavy atom. The van der Waals surface area contributed by atoms with Gasteiger partial charge in [-0.1, -0.05) is 24.8 Å². The van der Waals surface area contributed by atoms with Crippen LogP contribution in [0.4, 0.5) is 0 Å². The van der Waals surface area contributed by atoms with Crippen LogP contribution in [0.1, 0.15) is 40.9 Å². The maximum absolute atomic E-state index is 5.04. The molecular formula is C17H19N3S2. The fraction of sp³-hybridized carbons (Fsp3) is 0.412. The molecule has 0 radical (unpaired) electrons. The Labute approximate surface area is 139 Å². The monoisotopic (exact) mass is 329 g/mol. The van der Waals surface area contributed by atoms with Crippen LogP contribution in [0.5, 0.6) is 0 Å². The second-order valence-electron chi connectivity index (χ2n) is 5.78. The molecular weight excluding hydrogens is 310 g/mol. The summed E-state index contributed by atoms with van der Waals surface area (Å²) in [6.45, 7) is 4.45. The summed E-state index contributed by atoms with van der Waals surface area (Å²) in [7, 11) is 0. The fourth-order valence-corrected chi connectivity index (χ4v) is 5.62. The summed E-state index contributed by atoms with van der Waals surface area (Å²) in [4.78, 5) is 14.9. The van der Waals surface area contributed by atoms with E-state index in [0.29, 0.717) is 12.1 Å². The van der Waals surface area contributed by atoms with Gasteiger partial charge in [-0.3, -0.25) is 9.98 Å². The number of pyridine rings is 1. The quantitative estimate of drug-likeness (QED) is 0.834. The molecule has 2 aliphatic rings. The van der Waals surface area contributed by atoms with Crippen LogP contribution >= 0.6 is 23.1 Å². The summed E-state index contributed by atoms with van der Waals surface area (Å²) in [6.07, 6.45) is 3.04. The van der Waals surface area contributed by atoms with Crippen LogP contribution in [0.3, 0.4) is 0 Å². The molecule has 4 heterocycles. The molecule has 22 heavy (non-hydrogen) atoms. The van der Waals surface area contributed by atoms with Crippen molar-refractivity contribution in [3.05, 3.63) is 52.0 Å². The van der Waals surface area contributed by atoms with Gasteiger partial charge in [0.1, 0.15) is 6.04 Å². The van der Waals surface area contributed by atoms with E-state index in [2.05, 4.69) is 48.0 Å². The summed E-state index contributed by atoms with van der Waals surface area (Å²) >= 11 is 3.79. The molecule has 2 aliphatic heterocycles. The van der Waals surface area contributed by atoms with Crippen molar-refractivity contribution < 1.29 is 0 Å². The molecule has 0 spiro atoms. The molecule has 4 rings (SSSR count). The third-order valence-electron chi connectivity index (χ3n) is 4.38. The van der Waals surface area contributed by atoms with Gasteiger partial charge in [0.2, 0.25) is 0 Å². The standard InChI is InChI=1S/C17H19N3S2/c1-3-12-10-21-17-19-15(13-6-4-5-9-18-13)16(20(12)17)14-8-7-11(2)22-14/h4-9,12,15-16H,3,10H2,1-2H3/t12-,15-,16-/m1/s1.